The molecule has 2 N–H and O–H groups in total. The standard InChI is InChI=1S/C24H20N8O/c1-15-13-16(2)32(31-15)23-12-11-22(29-30-23)26-17-7-9-18(10-8-17)27-24(33)21-14-25-19-5-3-4-6-20(19)28-21/h3-14H,1-2H3,(H,26,29)(H,27,33). The first-order valence-electron chi connectivity index (χ1n) is 10.3. The lowest BCUT2D eigenvalue weighted by atomic mass is 10.2. The molecule has 5 rings (SSSR count). The number of aryl methyl sites for hydroxylation is 2. The van der Waals surface area contributed by atoms with Gasteiger partial charge in [-0.25, -0.2) is 9.67 Å². The number of hydrogen-bond acceptors (Lipinski definition) is 7. The molecule has 0 atom stereocenters. The van der Waals surface area contributed by atoms with E-state index in [0.717, 1.165) is 22.6 Å². The zero-order valence-electron chi connectivity index (χ0n) is 18.0. The van der Waals surface area contributed by atoms with Crippen molar-refractivity contribution < 1.29 is 4.79 Å². The van der Waals surface area contributed by atoms with E-state index in [4.69, 9.17) is 0 Å². The third kappa shape index (κ3) is 4.38. The van der Waals surface area contributed by atoms with Crippen LogP contribution in [-0.2, 0) is 0 Å². The van der Waals surface area contributed by atoms with Crippen molar-refractivity contribution in [3.8, 4) is 5.82 Å². The van der Waals surface area contributed by atoms with Gasteiger partial charge in [-0.05, 0) is 68.4 Å². The van der Waals surface area contributed by atoms with E-state index in [1.165, 1.54) is 6.20 Å². The minimum absolute atomic E-state index is 0.258. The van der Waals surface area contributed by atoms with Gasteiger partial charge >= 0.3 is 0 Å². The lowest BCUT2D eigenvalue weighted by molar-refractivity contribution is 0.102. The first-order valence-corrected chi connectivity index (χ1v) is 10.3. The number of anilines is 3. The van der Waals surface area contributed by atoms with Crippen LogP contribution in [0, 0.1) is 13.8 Å². The predicted octanol–water partition coefficient (Wildman–Crippen LogP) is 4.22. The van der Waals surface area contributed by atoms with Crippen molar-refractivity contribution in [3.05, 3.63) is 90.0 Å². The number of fused-ring (bicyclic) bond motifs is 1. The lowest BCUT2D eigenvalue weighted by Crippen LogP contribution is -2.14. The summed E-state index contributed by atoms with van der Waals surface area (Å²) >= 11 is 0. The van der Waals surface area contributed by atoms with E-state index in [1.807, 2.05) is 68.4 Å². The fourth-order valence-electron chi connectivity index (χ4n) is 3.41. The molecule has 0 bridgehead atoms. The second-order valence-corrected chi connectivity index (χ2v) is 7.52. The number of aromatic nitrogens is 6. The van der Waals surface area contributed by atoms with Gasteiger partial charge in [0, 0.05) is 17.1 Å². The summed E-state index contributed by atoms with van der Waals surface area (Å²) in [7, 11) is 0. The third-order valence-electron chi connectivity index (χ3n) is 4.97. The molecule has 3 aromatic heterocycles. The summed E-state index contributed by atoms with van der Waals surface area (Å²) in [4.78, 5) is 21.2. The summed E-state index contributed by atoms with van der Waals surface area (Å²) in [6.07, 6.45) is 1.47. The molecular weight excluding hydrogens is 416 g/mol. The number of para-hydroxylation sites is 2. The Kier molecular flexibility index (Phi) is 5.19. The Morgan fingerprint density at radius 3 is 2.33 bits per heavy atom. The molecule has 9 nitrogen and oxygen atoms in total. The molecule has 3 heterocycles. The Morgan fingerprint density at radius 1 is 0.879 bits per heavy atom. The fourth-order valence-corrected chi connectivity index (χ4v) is 3.41. The number of benzene rings is 2. The van der Waals surface area contributed by atoms with Gasteiger partial charge in [-0.15, -0.1) is 10.2 Å². The molecule has 5 aromatic rings. The lowest BCUT2D eigenvalue weighted by Gasteiger charge is -2.09. The number of rotatable bonds is 5. The maximum absolute atomic E-state index is 12.6. The molecule has 9 heteroatoms. The van der Waals surface area contributed by atoms with Crippen molar-refractivity contribution in [1.29, 1.82) is 0 Å². The van der Waals surface area contributed by atoms with Crippen molar-refractivity contribution in [2.75, 3.05) is 10.6 Å². The van der Waals surface area contributed by atoms with Crippen LogP contribution in [0.2, 0.25) is 0 Å². The summed E-state index contributed by atoms with van der Waals surface area (Å²) in [5.41, 5.74) is 5.06. The summed E-state index contributed by atoms with van der Waals surface area (Å²) in [5, 5.41) is 18.9. The third-order valence-corrected chi connectivity index (χ3v) is 4.97. The maximum atomic E-state index is 12.6. The van der Waals surface area contributed by atoms with E-state index in [2.05, 4.69) is 35.9 Å². The molecule has 0 aliphatic carbocycles. The number of carbonyl (C=O) groups is 1. The van der Waals surface area contributed by atoms with E-state index in [0.29, 0.717) is 22.8 Å². The zero-order valence-corrected chi connectivity index (χ0v) is 18.0. The molecule has 0 saturated carbocycles. The highest BCUT2D eigenvalue weighted by Crippen LogP contribution is 2.19. The Balaban J connectivity index is 1.24. The molecule has 0 fully saturated rings. The van der Waals surface area contributed by atoms with E-state index in [1.54, 1.807) is 16.8 Å². The van der Waals surface area contributed by atoms with E-state index in [9.17, 15) is 4.79 Å². The predicted molar refractivity (Wildman–Crippen MR) is 126 cm³/mol. The monoisotopic (exact) mass is 436 g/mol. The highest BCUT2D eigenvalue weighted by molar-refractivity contribution is 6.03. The van der Waals surface area contributed by atoms with Crippen molar-refractivity contribution in [3.63, 3.8) is 0 Å². The quantitative estimate of drug-likeness (QED) is 0.424. The van der Waals surface area contributed by atoms with Crippen LogP contribution in [0.15, 0.2) is 72.9 Å². The van der Waals surface area contributed by atoms with E-state index in [-0.39, 0.29) is 11.6 Å². The molecule has 33 heavy (non-hydrogen) atoms. The van der Waals surface area contributed by atoms with Crippen LogP contribution in [0.5, 0.6) is 0 Å². The Labute approximate surface area is 189 Å². The minimum Gasteiger partial charge on any atom is -0.339 e. The first-order chi connectivity index (χ1) is 16.0. The van der Waals surface area contributed by atoms with Gasteiger partial charge in [0.2, 0.25) is 0 Å². The average Bonchev–Trinajstić information content (AvgIpc) is 3.18. The second-order valence-electron chi connectivity index (χ2n) is 7.52. The van der Waals surface area contributed by atoms with E-state index < -0.39 is 0 Å². The Bertz CT molecular complexity index is 1440. The fraction of sp³-hybridized carbons (Fsp3) is 0.0833. The van der Waals surface area contributed by atoms with Crippen LogP contribution in [-0.4, -0.2) is 35.9 Å². The molecular formula is C24H20N8O. The van der Waals surface area contributed by atoms with Gasteiger partial charge < -0.3 is 10.6 Å². The van der Waals surface area contributed by atoms with Gasteiger partial charge in [0.15, 0.2) is 11.6 Å². The van der Waals surface area contributed by atoms with Crippen LogP contribution in [0.1, 0.15) is 21.9 Å². The summed E-state index contributed by atoms with van der Waals surface area (Å²) < 4.78 is 1.75. The SMILES string of the molecule is Cc1cc(C)n(-c2ccc(Nc3ccc(NC(=O)c4cnc5ccccc5n4)cc3)nn2)n1. The highest BCUT2D eigenvalue weighted by atomic mass is 16.1. The summed E-state index contributed by atoms with van der Waals surface area (Å²) in [6.45, 7) is 3.91. The number of hydrogen-bond donors (Lipinski definition) is 2. The van der Waals surface area contributed by atoms with Gasteiger partial charge in [-0.1, -0.05) is 12.1 Å². The van der Waals surface area contributed by atoms with Crippen LogP contribution in [0.3, 0.4) is 0 Å². The maximum Gasteiger partial charge on any atom is 0.275 e. The molecule has 0 radical (unpaired) electrons. The normalized spacial score (nSPS) is 10.8. The van der Waals surface area contributed by atoms with Crippen LogP contribution >= 0.6 is 0 Å². The second kappa shape index (κ2) is 8.46. The smallest absolute Gasteiger partial charge is 0.275 e. The van der Waals surface area contributed by atoms with Crippen LogP contribution in [0.25, 0.3) is 16.9 Å². The van der Waals surface area contributed by atoms with Gasteiger partial charge in [0.25, 0.3) is 5.91 Å². The first kappa shape index (κ1) is 20.3. The molecule has 2 aromatic carbocycles. The molecule has 162 valence electrons. The topological polar surface area (TPSA) is 111 Å². The number of carbonyl (C=O) groups excluding carboxylic acids is 1. The Hall–Kier alpha value is -4.66. The molecule has 0 aliphatic heterocycles. The van der Waals surface area contributed by atoms with Crippen molar-refractivity contribution in [2.24, 2.45) is 0 Å². The van der Waals surface area contributed by atoms with Crippen molar-refractivity contribution in [2.45, 2.75) is 13.8 Å². The average molecular weight is 436 g/mol. The van der Waals surface area contributed by atoms with Gasteiger partial charge in [0.05, 0.1) is 22.9 Å². The molecule has 1 amide bonds. The van der Waals surface area contributed by atoms with Gasteiger partial charge in [0.1, 0.15) is 5.69 Å². The number of nitrogens with zero attached hydrogens (tertiary/aromatic N) is 6. The van der Waals surface area contributed by atoms with E-state index >= 15 is 0 Å². The van der Waals surface area contributed by atoms with Gasteiger partial charge in [-0.2, -0.15) is 5.10 Å². The number of amides is 1. The summed E-state index contributed by atoms with van der Waals surface area (Å²) in [6, 6.07) is 20.4. The number of nitrogens with one attached hydrogen (secondary N) is 2. The van der Waals surface area contributed by atoms with Crippen molar-refractivity contribution in [1.82, 2.24) is 29.9 Å². The Morgan fingerprint density at radius 2 is 1.64 bits per heavy atom. The zero-order chi connectivity index (χ0) is 22.8. The molecule has 0 unspecified atom stereocenters. The minimum atomic E-state index is -0.320. The van der Waals surface area contributed by atoms with Crippen LogP contribution < -0.4 is 10.6 Å². The van der Waals surface area contributed by atoms with Crippen LogP contribution in [0.4, 0.5) is 17.2 Å². The molecule has 0 aliphatic rings. The summed E-state index contributed by atoms with van der Waals surface area (Å²) in [5.74, 6) is 0.934. The largest absolute Gasteiger partial charge is 0.339 e. The molecule has 0 spiro atoms. The van der Waals surface area contributed by atoms with Crippen molar-refractivity contribution >= 4 is 34.1 Å². The van der Waals surface area contributed by atoms with Gasteiger partial charge in [-0.3, -0.25) is 9.78 Å². The molecule has 0 saturated heterocycles. The highest BCUT2D eigenvalue weighted by Gasteiger charge is 2.10.